The molecule has 0 aliphatic rings. The van der Waals surface area contributed by atoms with Gasteiger partial charge < -0.3 is 5.73 Å². The van der Waals surface area contributed by atoms with Gasteiger partial charge in [0.1, 0.15) is 5.82 Å². The number of hydrogen-bond donors (Lipinski definition) is 1. The summed E-state index contributed by atoms with van der Waals surface area (Å²) < 4.78 is 12.7. The zero-order valence-corrected chi connectivity index (χ0v) is 8.92. The summed E-state index contributed by atoms with van der Waals surface area (Å²) in [7, 11) is 0. The quantitative estimate of drug-likeness (QED) is 0.573. The average Bonchev–Trinajstić information content (AvgIpc) is 2.22. The van der Waals surface area contributed by atoms with E-state index in [1.165, 1.54) is 18.5 Å². The zero-order chi connectivity index (χ0) is 11.0. The molecule has 0 amide bonds. The van der Waals surface area contributed by atoms with E-state index in [1.807, 2.05) is 20.8 Å². The van der Waals surface area contributed by atoms with Crippen LogP contribution in [0.1, 0.15) is 25.0 Å². The molecule has 0 spiro atoms. The van der Waals surface area contributed by atoms with Crippen molar-refractivity contribution in [2.75, 3.05) is 0 Å². The molecule has 0 saturated heterocycles. The van der Waals surface area contributed by atoms with Crippen molar-refractivity contribution in [3.8, 4) is 0 Å². The van der Waals surface area contributed by atoms with Crippen LogP contribution in [0.25, 0.3) is 0 Å². The highest BCUT2D eigenvalue weighted by Gasteiger charge is 1.97. The summed E-state index contributed by atoms with van der Waals surface area (Å²) in [5, 5.41) is 0. The minimum atomic E-state index is -0.233. The maximum Gasteiger partial charge on any atom is 0.123 e. The Kier molecular flexibility index (Phi) is 6.37. The van der Waals surface area contributed by atoms with E-state index < -0.39 is 0 Å². The van der Waals surface area contributed by atoms with Crippen molar-refractivity contribution in [3.05, 3.63) is 35.1 Å². The Hall–Kier alpha value is -1.38. The van der Waals surface area contributed by atoms with Crippen LogP contribution in [0.2, 0.25) is 0 Å². The van der Waals surface area contributed by atoms with E-state index in [9.17, 15) is 4.39 Å². The van der Waals surface area contributed by atoms with Crippen LogP contribution in [0.5, 0.6) is 0 Å². The van der Waals surface area contributed by atoms with Crippen LogP contribution >= 0.6 is 0 Å². The number of aliphatic imine (C=N–C) groups is 1. The first-order valence-corrected chi connectivity index (χ1v) is 4.69. The van der Waals surface area contributed by atoms with Crippen molar-refractivity contribution in [2.45, 2.75) is 27.3 Å². The smallest absolute Gasteiger partial charge is 0.123 e. The molecule has 0 fully saturated rings. The maximum absolute atomic E-state index is 12.7. The maximum atomic E-state index is 12.7. The fraction of sp³-hybridized carbons (Fsp3) is 0.364. The summed E-state index contributed by atoms with van der Waals surface area (Å²) in [5.74, 6) is -0.233. The van der Waals surface area contributed by atoms with Crippen LogP contribution in [0.15, 0.2) is 23.2 Å². The number of benzene rings is 1. The van der Waals surface area contributed by atoms with Crippen molar-refractivity contribution in [2.24, 2.45) is 10.7 Å². The monoisotopic (exact) mass is 196 g/mol. The Morgan fingerprint density at radius 1 is 1.43 bits per heavy atom. The fourth-order valence-corrected chi connectivity index (χ4v) is 0.961. The normalized spacial score (nSPS) is 9.71. The SMILES string of the molecule is CC.Cc1ccc(F)cc1CN=CN. The molecule has 0 aromatic heterocycles. The number of nitrogens with two attached hydrogens (primary N) is 1. The highest BCUT2D eigenvalue weighted by molar-refractivity contribution is 5.51. The van der Waals surface area contributed by atoms with Gasteiger partial charge in [0.2, 0.25) is 0 Å². The molecule has 0 unspecified atom stereocenters. The summed E-state index contributed by atoms with van der Waals surface area (Å²) in [5.41, 5.74) is 6.98. The second-order valence-corrected chi connectivity index (χ2v) is 2.56. The lowest BCUT2D eigenvalue weighted by molar-refractivity contribution is 0.625. The molecule has 2 N–H and O–H groups in total. The van der Waals surface area contributed by atoms with E-state index in [0.29, 0.717) is 6.54 Å². The van der Waals surface area contributed by atoms with Crippen LogP contribution in [-0.4, -0.2) is 6.34 Å². The van der Waals surface area contributed by atoms with E-state index in [2.05, 4.69) is 4.99 Å². The molecule has 1 aromatic carbocycles. The van der Waals surface area contributed by atoms with Gasteiger partial charge in [-0.25, -0.2) is 4.39 Å². The average molecular weight is 196 g/mol. The summed E-state index contributed by atoms with van der Waals surface area (Å²) in [6, 6.07) is 4.64. The van der Waals surface area contributed by atoms with Crippen LogP contribution in [0.3, 0.4) is 0 Å². The van der Waals surface area contributed by atoms with Crippen LogP contribution in [-0.2, 0) is 6.54 Å². The van der Waals surface area contributed by atoms with Crippen molar-refractivity contribution >= 4 is 6.34 Å². The number of rotatable bonds is 2. The molecule has 0 aliphatic carbocycles. The second-order valence-electron chi connectivity index (χ2n) is 2.56. The van der Waals surface area contributed by atoms with Gasteiger partial charge in [-0.3, -0.25) is 4.99 Å². The third kappa shape index (κ3) is 4.03. The topological polar surface area (TPSA) is 38.4 Å². The van der Waals surface area contributed by atoms with E-state index in [-0.39, 0.29) is 5.82 Å². The lowest BCUT2D eigenvalue weighted by Crippen LogP contribution is -1.93. The van der Waals surface area contributed by atoms with Gasteiger partial charge in [-0.15, -0.1) is 0 Å². The van der Waals surface area contributed by atoms with E-state index in [4.69, 9.17) is 5.73 Å². The standard InChI is InChI=1S/C9H11FN2.C2H6/c1-7-2-3-9(10)4-8(7)5-12-6-11;1-2/h2-4,6H,5H2,1H3,(H2,11,12);1-2H3. The van der Waals surface area contributed by atoms with Crippen LogP contribution < -0.4 is 5.73 Å². The van der Waals surface area contributed by atoms with Crippen LogP contribution in [0.4, 0.5) is 4.39 Å². The molecule has 0 saturated carbocycles. The van der Waals surface area contributed by atoms with Crippen molar-refractivity contribution in [3.63, 3.8) is 0 Å². The Balaban J connectivity index is 0.000000791. The molecule has 14 heavy (non-hydrogen) atoms. The lowest BCUT2D eigenvalue weighted by Gasteiger charge is -2.01. The molecule has 2 nitrogen and oxygen atoms in total. The summed E-state index contributed by atoms with van der Waals surface area (Å²) in [6.07, 6.45) is 1.23. The third-order valence-corrected chi connectivity index (χ3v) is 1.68. The van der Waals surface area contributed by atoms with E-state index >= 15 is 0 Å². The van der Waals surface area contributed by atoms with Gasteiger partial charge in [0.25, 0.3) is 0 Å². The van der Waals surface area contributed by atoms with Gasteiger partial charge in [-0.05, 0) is 30.2 Å². The Morgan fingerprint density at radius 2 is 2.07 bits per heavy atom. The van der Waals surface area contributed by atoms with Gasteiger partial charge >= 0.3 is 0 Å². The van der Waals surface area contributed by atoms with Crippen molar-refractivity contribution in [1.29, 1.82) is 0 Å². The molecular weight excluding hydrogens is 179 g/mol. The molecule has 0 atom stereocenters. The second kappa shape index (κ2) is 7.06. The largest absolute Gasteiger partial charge is 0.390 e. The predicted octanol–water partition coefficient (Wildman–Crippen LogP) is 2.65. The number of halogens is 1. The third-order valence-electron chi connectivity index (χ3n) is 1.68. The Bertz CT molecular complexity index is 295. The van der Waals surface area contributed by atoms with Gasteiger partial charge in [-0.2, -0.15) is 0 Å². The van der Waals surface area contributed by atoms with Gasteiger partial charge in [-0.1, -0.05) is 19.9 Å². The molecule has 3 heteroatoms. The lowest BCUT2D eigenvalue weighted by atomic mass is 10.1. The predicted molar refractivity (Wildman–Crippen MR) is 58.9 cm³/mol. The molecular formula is C11H17FN2. The van der Waals surface area contributed by atoms with Crippen LogP contribution in [0, 0.1) is 12.7 Å². The van der Waals surface area contributed by atoms with Gasteiger partial charge in [0.15, 0.2) is 0 Å². The minimum absolute atomic E-state index is 0.233. The summed E-state index contributed by atoms with van der Waals surface area (Å²) in [4.78, 5) is 3.83. The molecule has 1 rings (SSSR count). The summed E-state index contributed by atoms with van der Waals surface area (Å²) in [6.45, 7) is 6.36. The van der Waals surface area contributed by atoms with E-state index in [1.54, 1.807) is 6.07 Å². The highest BCUT2D eigenvalue weighted by atomic mass is 19.1. The highest BCUT2D eigenvalue weighted by Crippen LogP contribution is 2.10. The fourth-order valence-electron chi connectivity index (χ4n) is 0.961. The van der Waals surface area contributed by atoms with Crippen molar-refractivity contribution in [1.82, 2.24) is 0 Å². The van der Waals surface area contributed by atoms with Gasteiger partial charge in [0, 0.05) is 0 Å². The molecule has 0 bridgehead atoms. The zero-order valence-electron chi connectivity index (χ0n) is 8.92. The summed E-state index contributed by atoms with van der Waals surface area (Å²) >= 11 is 0. The molecule has 0 heterocycles. The van der Waals surface area contributed by atoms with E-state index in [0.717, 1.165) is 11.1 Å². The number of hydrogen-bond acceptors (Lipinski definition) is 1. The molecule has 0 radical (unpaired) electrons. The minimum Gasteiger partial charge on any atom is -0.390 e. The first-order valence-electron chi connectivity index (χ1n) is 4.69. The first-order chi connectivity index (χ1) is 6.74. The molecule has 0 aliphatic heterocycles. The number of aryl methyl sites for hydroxylation is 1. The van der Waals surface area contributed by atoms with Gasteiger partial charge in [0.05, 0.1) is 12.9 Å². The van der Waals surface area contributed by atoms with Crippen molar-refractivity contribution < 1.29 is 4.39 Å². The molecule has 78 valence electrons. The Labute approximate surface area is 84.7 Å². The molecule has 1 aromatic rings. The first kappa shape index (κ1) is 12.6. The number of nitrogens with zero attached hydrogens (tertiary/aromatic N) is 1. The Morgan fingerprint density at radius 3 is 2.64 bits per heavy atom.